The van der Waals surface area contributed by atoms with E-state index in [-0.39, 0.29) is 23.0 Å². The summed E-state index contributed by atoms with van der Waals surface area (Å²) in [6.07, 6.45) is 8.58. The molecule has 1 aliphatic heterocycles. The number of hydrogen-bond acceptors (Lipinski definition) is 4. The zero-order valence-electron chi connectivity index (χ0n) is 12.6. The minimum Gasteiger partial charge on any atom is -0.335 e. The Morgan fingerprint density at radius 1 is 1.14 bits per heavy atom. The van der Waals surface area contributed by atoms with E-state index in [4.69, 9.17) is 0 Å². The van der Waals surface area contributed by atoms with Crippen LogP contribution in [0.25, 0.3) is 0 Å². The number of pyridine rings is 1. The Hall–Kier alpha value is -1.43. The Bertz CT molecular complexity index is 624. The van der Waals surface area contributed by atoms with Crippen LogP contribution in [0.4, 0.5) is 0 Å². The first kappa shape index (κ1) is 15.5. The second kappa shape index (κ2) is 6.36. The fraction of sp³-hybridized carbons (Fsp3) is 0.625. The van der Waals surface area contributed by atoms with E-state index in [0.29, 0.717) is 19.4 Å². The van der Waals surface area contributed by atoms with E-state index >= 15 is 0 Å². The predicted octanol–water partition coefficient (Wildman–Crippen LogP) is 2.10. The highest BCUT2D eigenvalue weighted by Gasteiger charge is 2.35. The van der Waals surface area contributed by atoms with Crippen LogP contribution in [-0.2, 0) is 14.6 Å². The Morgan fingerprint density at radius 3 is 2.50 bits per heavy atom. The van der Waals surface area contributed by atoms with Gasteiger partial charge in [-0.3, -0.25) is 9.78 Å². The van der Waals surface area contributed by atoms with Gasteiger partial charge in [-0.05, 0) is 43.4 Å². The summed E-state index contributed by atoms with van der Waals surface area (Å²) in [6.45, 7) is 0.645. The van der Waals surface area contributed by atoms with E-state index in [9.17, 15) is 13.2 Å². The van der Waals surface area contributed by atoms with Gasteiger partial charge in [0, 0.05) is 18.9 Å². The monoisotopic (exact) mass is 322 g/mol. The summed E-state index contributed by atoms with van der Waals surface area (Å²) < 4.78 is 24.8. The van der Waals surface area contributed by atoms with E-state index in [0.717, 1.165) is 31.2 Å². The second-order valence-corrected chi connectivity index (χ2v) is 8.52. The molecule has 0 N–H and O–H groups in total. The first-order valence-electron chi connectivity index (χ1n) is 7.99. The van der Waals surface area contributed by atoms with Crippen LogP contribution < -0.4 is 0 Å². The number of likely N-dealkylation sites (tertiary alicyclic amines) is 1. The first-order valence-corrected chi connectivity index (χ1v) is 9.70. The molecular formula is C16H22N2O3S. The maximum Gasteiger partial charge on any atom is 0.238 e. The van der Waals surface area contributed by atoms with Crippen LogP contribution in [-0.4, -0.2) is 41.8 Å². The highest BCUT2D eigenvalue weighted by atomic mass is 32.2. The minimum atomic E-state index is -3.31. The number of carbonyl (C=O) groups is 1. The van der Waals surface area contributed by atoms with Crippen LogP contribution in [0.1, 0.15) is 50.1 Å². The molecule has 0 aromatic carbocycles. The fourth-order valence-electron chi connectivity index (χ4n) is 3.62. The minimum absolute atomic E-state index is 0.00530. The summed E-state index contributed by atoms with van der Waals surface area (Å²) in [6, 6.07) is 3.80. The molecule has 1 amide bonds. The highest BCUT2D eigenvalue weighted by molar-refractivity contribution is 7.92. The zero-order chi connectivity index (χ0) is 15.6. The van der Waals surface area contributed by atoms with Gasteiger partial charge in [0.2, 0.25) is 5.91 Å². The zero-order valence-corrected chi connectivity index (χ0v) is 13.5. The van der Waals surface area contributed by atoms with Crippen molar-refractivity contribution in [2.45, 2.75) is 49.8 Å². The Kier molecular flexibility index (Phi) is 4.47. The summed E-state index contributed by atoms with van der Waals surface area (Å²) in [5.74, 6) is -0.578. The van der Waals surface area contributed by atoms with Gasteiger partial charge in [0.1, 0.15) is 5.75 Å². The topological polar surface area (TPSA) is 67.3 Å². The molecule has 1 saturated carbocycles. The molecule has 5 nitrogen and oxygen atoms in total. The molecule has 0 radical (unpaired) electrons. The van der Waals surface area contributed by atoms with E-state index in [1.54, 1.807) is 17.3 Å². The lowest BCUT2D eigenvalue weighted by atomic mass is 10.1. The molecule has 1 saturated heterocycles. The van der Waals surface area contributed by atoms with Gasteiger partial charge < -0.3 is 4.90 Å². The number of carbonyl (C=O) groups excluding carboxylic acids is 1. The third-order valence-electron chi connectivity index (χ3n) is 4.80. The van der Waals surface area contributed by atoms with Gasteiger partial charge in [-0.15, -0.1) is 0 Å². The van der Waals surface area contributed by atoms with Crippen molar-refractivity contribution in [2.75, 3.05) is 12.3 Å². The van der Waals surface area contributed by atoms with Crippen molar-refractivity contribution in [1.29, 1.82) is 0 Å². The maximum atomic E-state index is 12.5. The Morgan fingerprint density at radius 2 is 1.82 bits per heavy atom. The molecule has 1 unspecified atom stereocenters. The molecule has 22 heavy (non-hydrogen) atoms. The molecule has 2 aliphatic rings. The Labute approximate surface area is 131 Å². The predicted molar refractivity (Wildman–Crippen MR) is 84.0 cm³/mol. The number of nitrogens with zero attached hydrogens (tertiary/aromatic N) is 2. The molecule has 1 atom stereocenters. The Balaban J connectivity index is 1.71. The van der Waals surface area contributed by atoms with Crippen molar-refractivity contribution >= 4 is 15.7 Å². The van der Waals surface area contributed by atoms with E-state index < -0.39 is 9.84 Å². The van der Waals surface area contributed by atoms with Crippen LogP contribution in [0, 0.1) is 0 Å². The van der Waals surface area contributed by atoms with Crippen LogP contribution in [0.3, 0.4) is 0 Å². The van der Waals surface area contributed by atoms with E-state index in [1.165, 1.54) is 0 Å². The van der Waals surface area contributed by atoms with E-state index in [2.05, 4.69) is 4.98 Å². The summed E-state index contributed by atoms with van der Waals surface area (Å²) >= 11 is 0. The maximum absolute atomic E-state index is 12.5. The molecule has 2 fully saturated rings. The van der Waals surface area contributed by atoms with Crippen molar-refractivity contribution in [1.82, 2.24) is 9.88 Å². The summed E-state index contributed by atoms with van der Waals surface area (Å²) in [5.41, 5.74) is 1.04. The number of rotatable bonds is 4. The van der Waals surface area contributed by atoms with E-state index in [1.807, 2.05) is 12.1 Å². The highest BCUT2D eigenvalue weighted by Crippen LogP contribution is 2.32. The van der Waals surface area contributed by atoms with Crippen molar-refractivity contribution in [3.05, 3.63) is 30.1 Å². The number of aromatic nitrogens is 1. The normalized spacial score (nSPS) is 23.1. The van der Waals surface area contributed by atoms with Crippen molar-refractivity contribution in [3.8, 4) is 0 Å². The van der Waals surface area contributed by atoms with Gasteiger partial charge in [0.15, 0.2) is 9.84 Å². The lowest BCUT2D eigenvalue weighted by Gasteiger charge is -2.25. The van der Waals surface area contributed by atoms with Gasteiger partial charge in [-0.2, -0.15) is 0 Å². The van der Waals surface area contributed by atoms with Gasteiger partial charge >= 0.3 is 0 Å². The van der Waals surface area contributed by atoms with Crippen molar-refractivity contribution in [2.24, 2.45) is 0 Å². The number of sulfone groups is 1. The van der Waals surface area contributed by atoms with Crippen LogP contribution >= 0.6 is 0 Å². The molecule has 3 rings (SSSR count). The van der Waals surface area contributed by atoms with Crippen molar-refractivity contribution in [3.63, 3.8) is 0 Å². The fourth-order valence-corrected chi connectivity index (χ4v) is 5.42. The largest absolute Gasteiger partial charge is 0.335 e. The van der Waals surface area contributed by atoms with Gasteiger partial charge in [-0.1, -0.05) is 12.8 Å². The summed E-state index contributed by atoms with van der Waals surface area (Å²) in [7, 11) is -3.31. The lowest BCUT2D eigenvalue weighted by Crippen LogP contribution is -2.37. The van der Waals surface area contributed by atoms with Gasteiger partial charge in [0.25, 0.3) is 0 Å². The molecule has 0 spiro atoms. The van der Waals surface area contributed by atoms with Crippen LogP contribution in [0.15, 0.2) is 24.5 Å². The summed E-state index contributed by atoms with van der Waals surface area (Å²) in [5, 5.41) is -0.307. The number of amides is 1. The average molecular weight is 322 g/mol. The van der Waals surface area contributed by atoms with Crippen LogP contribution in [0.5, 0.6) is 0 Å². The molecule has 120 valence electrons. The van der Waals surface area contributed by atoms with Gasteiger partial charge in [-0.25, -0.2) is 8.42 Å². The van der Waals surface area contributed by atoms with Crippen LogP contribution in [0.2, 0.25) is 0 Å². The van der Waals surface area contributed by atoms with Crippen molar-refractivity contribution < 1.29 is 13.2 Å². The molecule has 0 bridgehead atoms. The molecule has 1 aromatic rings. The third kappa shape index (κ3) is 3.16. The lowest BCUT2D eigenvalue weighted by molar-refractivity contribution is -0.129. The average Bonchev–Trinajstić information content (AvgIpc) is 3.19. The molecule has 1 aliphatic carbocycles. The molecule has 1 aromatic heterocycles. The van der Waals surface area contributed by atoms with Gasteiger partial charge in [0.05, 0.1) is 11.3 Å². The standard InChI is InChI=1S/C16H22N2O3S/c19-16(12-22(20,21)14-4-1-2-5-14)18-11-3-6-15(18)13-7-9-17-10-8-13/h7-10,14-15H,1-6,11-12H2. The SMILES string of the molecule is O=C(CS(=O)(=O)C1CCCC1)N1CCCC1c1ccncc1. The second-order valence-electron chi connectivity index (χ2n) is 6.24. The third-order valence-corrected chi connectivity index (χ3v) is 6.94. The molecular weight excluding hydrogens is 300 g/mol. The summed E-state index contributed by atoms with van der Waals surface area (Å²) in [4.78, 5) is 18.3. The quantitative estimate of drug-likeness (QED) is 0.851. The first-order chi connectivity index (χ1) is 10.6. The number of hydrogen-bond donors (Lipinski definition) is 0. The molecule has 2 heterocycles. The molecule has 6 heteroatoms. The smallest absolute Gasteiger partial charge is 0.238 e.